The number of nitrogens with one attached hydrogen (secondary N) is 1. The Bertz CT molecular complexity index is 570. The molecule has 1 unspecified atom stereocenters. The van der Waals surface area contributed by atoms with Gasteiger partial charge >= 0.3 is 0 Å². The number of hydrogen-bond acceptors (Lipinski definition) is 3. The number of phenols is 2. The zero-order chi connectivity index (χ0) is 11.7. The fourth-order valence-corrected chi connectivity index (χ4v) is 1.81. The minimum Gasteiger partial charge on any atom is -0.508 e. The van der Waals surface area contributed by atoms with Crippen molar-refractivity contribution in [2.75, 3.05) is 4.72 Å². The molecule has 0 aliphatic carbocycles. The first-order valence-electron chi connectivity index (χ1n) is 4.39. The molecule has 0 fully saturated rings. The van der Waals surface area contributed by atoms with Gasteiger partial charge in [0, 0.05) is 11.5 Å². The van der Waals surface area contributed by atoms with Gasteiger partial charge in [-0.05, 0) is 23.6 Å². The molecule has 0 aliphatic rings. The molecule has 16 heavy (non-hydrogen) atoms. The van der Waals surface area contributed by atoms with Gasteiger partial charge < -0.3 is 10.2 Å². The minimum atomic E-state index is -2.18. The fraction of sp³-hybridized carbons (Fsp3) is 0. The van der Waals surface area contributed by atoms with Crippen molar-refractivity contribution in [2.45, 2.75) is 0 Å². The molecule has 0 saturated heterocycles. The van der Waals surface area contributed by atoms with Gasteiger partial charge in [0.2, 0.25) is 0 Å². The highest BCUT2D eigenvalue weighted by molar-refractivity contribution is 7.80. The maximum atomic E-state index is 10.5. The number of phenolic OH excluding ortho intramolecular Hbond substituents is 2. The lowest BCUT2D eigenvalue weighted by Gasteiger charge is -2.06. The molecule has 5 nitrogen and oxygen atoms in total. The van der Waals surface area contributed by atoms with Gasteiger partial charge in [-0.3, -0.25) is 9.27 Å². The summed E-state index contributed by atoms with van der Waals surface area (Å²) in [4.78, 5) is 0. The molecule has 0 amide bonds. The Morgan fingerprint density at radius 1 is 1.12 bits per heavy atom. The van der Waals surface area contributed by atoms with Crippen LogP contribution in [0.3, 0.4) is 0 Å². The molecule has 1 atom stereocenters. The molecule has 4 N–H and O–H groups in total. The monoisotopic (exact) mass is 239 g/mol. The summed E-state index contributed by atoms with van der Waals surface area (Å²) in [5, 5.41) is 20.1. The molecule has 0 radical (unpaired) electrons. The van der Waals surface area contributed by atoms with Gasteiger partial charge in [-0.1, -0.05) is 6.07 Å². The minimum absolute atomic E-state index is 0.0502. The van der Waals surface area contributed by atoms with Gasteiger partial charge in [-0.25, -0.2) is 4.21 Å². The Morgan fingerprint density at radius 2 is 1.88 bits per heavy atom. The van der Waals surface area contributed by atoms with Crippen molar-refractivity contribution in [3.05, 3.63) is 30.3 Å². The van der Waals surface area contributed by atoms with Crippen LogP contribution < -0.4 is 4.72 Å². The number of hydrogen-bond donors (Lipinski definition) is 4. The molecule has 0 spiro atoms. The summed E-state index contributed by atoms with van der Waals surface area (Å²) in [6.45, 7) is 0. The van der Waals surface area contributed by atoms with Crippen LogP contribution in [0, 0.1) is 0 Å². The van der Waals surface area contributed by atoms with E-state index in [9.17, 15) is 14.4 Å². The zero-order valence-corrected chi connectivity index (χ0v) is 8.86. The predicted molar refractivity (Wildman–Crippen MR) is 61.7 cm³/mol. The Hall–Kier alpha value is -1.79. The van der Waals surface area contributed by atoms with Gasteiger partial charge in [0.25, 0.3) is 11.3 Å². The SMILES string of the molecule is O=S(O)Nc1cc(O)c2cc(O)ccc2c1. The first kappa shape index (κ1) is 10.7. The second-order valence-electron chi connectivity index (χ2n) is 3.25. The molecule has 0 aromatic heterocycles. The first-order valence-corrected chi connectivity index (χ1v) is 5.50. The van der Waals surface area contributed by atoms with Crippen LogP contribution in [0.5, 0.6) is 11.5 Å². The topological polar surface area (TPSA) is 89.8 Å². The summed E-state index contributed by atoms with van der Waals surface area (Å²) in [5.74, 6) is -0.0180. The highest BCUT2D eigenvalue weighted by Crippen LogP contribution is 2.31. The van der Waals surface area contributed by atoms with Gasteiger partial charge in [-0.2, -0.15) is 0 Å². The highest BCUT2D eigenvalue weighted by atomic mass is 32.2. The second-order valence-corrected chi connectivity index (χ2v) is 3.95. The van der Waals surface area contributed by atoms with E-state index in [1.807, 2.05) is 0 Å². The molecule has 0 aliphatic heterocycles. The van der Waals surface area contributed by atoms with E-state index < -0.39 is 11.3 Å². The summed E-state index contributed by atoms with van der Waals surface area (Å²) in [7, 11) is 0. The molecule has 6 heteroatoms. The third kappa shape index (κ3) is 2.07. The summed E-state index contributed by atoms with van der Waals surface area (Å²) >= 11 is -2.18. The molecular formula is C10H9NO4S. The lowest BCUT2D eigenvalue weighted by molar-refractivity contribution is 0.472. The molecule has 0 heterocycles. The van der Waals surface area contributed by atoms with Crippen molar-refractivity contribution in [2.24, 2.45) is 0 Å². The van der Waals surface area contributed by atoms with Gasteiger partial charge in [0.1, 0.15) is 11.5 Å². The van der Waals surface area contributed by atoms with Crippen molar-refractivity contribution >= 4 is 27.7 Å². The zero-order valence-electron chi connectivity index (χ0n) is 8.04. The smallest absolute Gasteiger partial charge is 0.259 e. The lowest BCUT2D eigenvalue weighted by atomic mass is 10.1. The van der Waals surface area contributed by atoms with Gasteiger partial charge in [0.05, 0.1) is 5.69 Å². The van der Waals surface area contributed by atoms with Gasteiger partial charge in [-0.15, -0.1) is 0 Å². The van der Waals surface area contributed by atoms with Crippen LogP contribution in [-0.4, -0.2) is 19.0 Å². The van der Waals surface area contributed by atoms with E-state index in [1.54, 1.807) is 12.1 Å². The average Bonchev–Trinajstić information content (AvgIpc) is 2.18. The molecule has 0 saturated carbocycles. The van der Waals surface area contributed by atoms with Crippen molar-refractivity contribution in [1.82, 2.24) is 0 Å². The van der Waals surface area contributed by atoms with Crippen molar-refractivity contribution < 1.29 is 19.0 Å². The number of benzene rings is 2. The second kappa shape index (κ2) is 3.99. The summed E-state index contributed by atoms with van der Waals surface area (Å²) < 4.78 is 21.5. The van der Waals surface area contributed by atoms with Gasteiger partial charge in [0.15, 0.2) is 0 Å². The average molecular weight is 239 g/mol. The summed E-state index contributed by atoms with van der Waals surface area (Å²) in [5.41, 5.74) is 0.330. The third-order valence-electron chi connectivity index (χ3n) is 2.12. The number of aromatic hydroxyl groups is 2. The van der Waals surface area contributed by atoms with Crippen molar-refractivity contribution in [3.63, 3.8) is 0 Å². The lowest BCUT2D eigenvalue weighted by Crippen LogP contribution is -2.01. The quantitative estimate of drug-likeness (QED) is 0.601. The Morgan fingerprint density at radius 3 is 2.56 bits per heavy atom. The largest absolute Gasteiger partial charge is 0.508 e. The highest BCUT2D eigenvalue weighted by Gasteiger charge is 2.05. The van der Waals surface area contributed by atoms with Crippen LogP contribution in [0.2, 0.25) is 0 Å². The van der Waals surface area contributed by atoms with Crippen LogP contribution in [0.25, 0.3) is 10.8 Å². The van der Waals surface area contributed by atoms with Crippen LogP contribution in [0.4, 0.5) is 5.69 Å². The molecule has 2 aromatic rings. The number of rotatable bonds is 2. The number of fused-ring (bicyclic) bond motifs is 1. The Labute approximate surface area is 93.8 Å². The summed E-state index contributed by atoms with van der Waals surface area (Å²) in [6.07, 6.45) is 0. The van der Waals surface area contributed by atoms with E-state index in [4.69, 9.17) is 4.55 Å². The normalized spacial score (nSPS) is 12.6. The van der Waals surface area contributed by atoms with Crippen molar-refractivity contribution in [3.8, 4) is 11.5 Å². The van der Waals surface area contributed by atoms with Crippen LogP contribution in [-0.2, 0) is 11.3 Å². The summed E-state index contributed by atoms with van der Waals surface area (Å²) in [6, 6.07) is 7.42. The van der Waals surface area contributed by atoms with Crippen molar-refractivity contribution in [1.29, 1.82) is 0 Å². The molecule has 84 valence electrons. The Kier molecular flexibility index (Phi) is 2.67. The number of anilines is 1. The third-order valence-corrected chi connectivity index (χ3v) is 2.53. The molecule has 2 aromatic carbocycles. The van der Waals surface area contributed by atoms with Crippen LogP contribution >= 0.6 is 0 Å². The fourth-order valence-electron chi connectivity index (χ4n) is 1.49. The first-order chi connectivity index (χ1) is 7.56. The Balaban J connectivity index is 2.59. The molecular weight excluding hydrogens is 230 g/mol. The molecule has 0 bridgehead atoms. The van der Waals surface area contributed by atoms with E-state index in [-0.39, 0.29) is 11.5 Å². The maximum absolute atomic E-state index is 10.5. The standard InChI is InChI=1S/C10H9NO4S/c12-8-2-1-6-3-7(11-16(14)15)4-10(13)9(6)5-8/h1-5,11-13H,(H,14,15). The van der Waals surface area contributed by atoms with Crippen LogP contribution in [0.15, 0.2) is 30.3 Å². The van der Waals surface area contributed by atoms with E-state index in [0.717, 1.165) is 0 Å². The van der Waals surface area contributed by atoms with Crippen LogP contribution in [0.1, 0.15) is 0 Å². The van der Waals surface area contributed by atoms with E-state index in [0.29, 0.717) is 16.5 Å². The maximum Gasteiger partial charge on any atom is 0.259 e. The van der Waals surface area contributed by atoms with E-state index >= 15 is 0 Å². The van der Waals surface area contributed by atoms with E-state index in [1.165, 1.54) is 18.2 Å². The van der Waals surface area contributed by atoms with E-state index in [2.05, 4.69) is 4.72 Å². The predicted octanol–water partition coefficient (Wildman–Crippen LogP) is 1.80. The molecule has 2 rings (SSSR count).